The zero-order chi connectivity index (χ0) is 13.8. The topological polar surface area (TPSA) is 85.0 Å². The maximum Gasteiger partial charge on any atom is 0.267 e. The first-order valence-corrected chi connectivity index (χ1v) is 6.81. The Morgan fingerprint density at radius 3 is 2.79 bits per heavy atom. The van der Waals surface area contributed by atoms with Crippen LogP contribution < -0.4 is 0 Å². The largest absolute Gasteiger partial charge is 0.337 e. The number of rotatable bonds is 5. The predicted octanol–water partition coefficient (Wildman–Crippen LogP) is 1.32. The minimum atomic E-state index is -0.122. The van der Waals surface area contributed by atoms with Gasteiger partial charge in [0.1, 0.15) is 11.4 Å². The van der Waals surface area contributed by atoms with Crippen LogP contribution in [-0.4, -0.2) is 37.6 Å². The molecule has 0 aliphatic carbocycles. The van der Waals surface area contributed by atoms with Crippen molar-refractivity contribution >= 4 is 17.4 Å². The lowest BCUT2D eigenvalue weighted by Crippen LogP contribution is -2.26. The van der Waals surface area contributed by atoms with E-state index in [4.69, 9.17) is 4.52 Å². The van der Waals surface area contributed by atoms with Gasteiger partial charge in [-0.05, 0) is 18.0 Å². The highest BCUT2D eigenvalue weighted by atomic mass is 32.1. The fourth-order valence-electron chi connectivity index (χ4n) is 1.55. The molecule has 0 spiro atoms. The average Bonchev–Trinajstić information content (AvgIpc) is 3.05. The molecule has 0 fully saturated rings. The van der Waals surface area contributed by atoms with E-state index in [1.54, 1.807) is 7.05 Å². The Balaban J connectivity index is 2.07. The third-order valence-corrected chi connectivity index (χ3v) is 3.39. The summed E-state index contributed by atoms with van der Waals surface area (Å²) >= 11 is 1.11. The lowest BCUT2D eigenvalue weighted by Gasteiger charge is -2.13. The highest BCUT2D eigenvalue weighted by molar-refractivity contribution is 7.07. The van der Waals surface area contributed by atoms with Gasteiger partial charge < -0.3 is 9.42 Å². The van der Waals surface area contributed by atoms with Crippen LogP contribution in [0.3, 0.4) is 0 Å². The molecule has 2 rings (SSSR count). The second-order valence-electron chi connectivity index (χ2n) is 4.02. The highest BCUT2D eigenvalue weighted by Gasteiger charge is 2.20. The van der Waals surface area contributed by atoms with Gasteiger partial charge in [0.25, 0.3) is 5.91 Å². The molecule has 0 aliphatic rings. The SMILES string of the molecule is CCc1noc(CN(C)C(=O)c2snnc2CC)n1. The summed E-state index contributed by atoms with van der Waals surface area (Å²) in [6.07, 6.45) is 1.39. The summed E-state index contributed by atoms with van der Waals surface area (Å²) in [6, 6.07) is 0. The summed E-state index contributed by atoms with van der Waals surface area (Å²) in [5.41, 5.74) is 0.724. The van der Waals surface area contributed by atoms with Crippen molar-refractivity contribution in [3.8, 4) is 0 Å². The van der Waals surface area contributed by atoms with E-state index in [0.717, 1.165) is 17.2 Å². The number of amides is 1. The van der Waals surface area contributed by atoms with Crippen LogP contribution in [0.4, 0.5) is 0 Å². The van der Waals surface area contributed by atoms with E-state index in [-0.39, 0.29) is 12.5 Å². The standard InChI is InChI=1S/C11H15N5O2S/c1-4-7-10(19-15-13-7)11(17)16(3)6-9-12-8(5-2)14-18-9/h4-6H2,1-3H3. The van der Waals surface area contributed by atoms with Gasteiger partial charge in [-0.1, -0.05) is 23.5 Å². The molecular weight excluding hydrogens is 266 g/mol. The first-order chi connectivity index (χ1) is 9.15. The average molecular weight is 281 g/mol. The number of aromatic nitrogens is 4. The Morgan fingerprint density at radius 1 is 1.37 bits per heavy atom. The van der Waals surface area contributed by atoms with E-state index >= 15 is 0 Å². The maximum atomic E-state index is 12.2. The normalized spacial score (nSPS) is 10.7. The first-order valence-electron chi connectivity index (χ1n) is 6.03. The number of hydrogen-bond acceptors (Lipinski definition) is 7. The predicted molar refractivity (Wildman–Crippen MR) is 68.8 cm³/mol. The van der Waals surface area contributed by atoms with Crippen molar-refractivity contribution < 1.29 is 9.32 Å². The molecule has 0 saturated heterocycles. The second-order valence-corrected chi connectivity index (χ2v) is 4.78. The molecule has 0 aliphatic heterocycles. The molecule has 0 atom stereocenters. The molecule has 0 bridgehead atoms. The Hall–Kier alpha value is -1.83. The highest BCUT2D eigenvalue weighted by Crippen LogP contribution is 2.14. The zero-order valence-electron chi connectivity index (χ0n) is 11.1. The van der Waals surface area contributed by atoms with Crippen molar-refractivity contribution in [3.05, 3.63) is 22.3 Å². The fraction of sp³-hybridized carbons (Fsp3) is 0.545. The first kappa shape index (κ1) is 13.6. The summed E-state index contributed by atoms with van der Waals surface area (Å²) in [5.74, 6) is 0.955. The van der Waals surface area contributed by atoms with Gasteiger partial charge in [0.2, 0.25) is 5.89 Å². The molecule has 8 heteroatoms. The van der Waals surface area contributed by atoms with E-state index < -0.39 is 0 Å². The van der Waals surface area contributed by atoms with Crippen LogP contribution >= 0.6 is 11.5 Å². The van der Waals surface area contributed by atoms with Crippen molar-refractivity contribution in [2.24, 2.45) is 0 Å². The van der Waals surface area contributed by atoms with Crippen LogP contribution in [-0.2, 0) is 19.4 Å². The van der Waals surface area contributed by atoms with Crippen LogP contribution in [0.25, 0.3) is 0 Å². The fourth-order valence-corrected chi connectivity index (χ4v) is 2.29. The lowest BCUT2D eigenvalue weighted by molar-refractivity contribution is 0.0773. The van der Waals surface area contributed by atoms with Crippen molar-refractivity contribution in [1.82, 2.24) is 24.6 Å². The smallest absolute Gasteiger partial charge is 0.267 e. The number of hydrogen-bond donors (Lipinski definition) is 0. The third kappa shape index (κ3) is 2.95. The van der Waals surface area contributed by atoms with E-state index in [1.165, 1.54) is 4.90 Å². The second kappa shape index (κ2) is 5.87. The van der Waals surface area contributed by atoms with Crippen LogP contribution in [0.15, 0.2) is 4.52 Å². The van der Waals surface area contributed by atoms with Crippen LogP contribution in [0.2, 0.25) is 0 Å². The summed E-state index contributed by atoms with van der Waals surface area (Å²) in [4.78, 5) is 18.5. The number of nitrogens with zero attached hydrogens (tertiary/aromatic N) is 5. The maximum absolute atomic E-state index is 12.2. The van der Waals surface area contributed by atoms with Gasteiger partial charge in [-0.2, -0.15) is 4.98 Å². The van der Waals surface area contributed by atoms with Gasteiger partial charge in [-0.25, -0.2) is 0 Å². The molecule has 2 aromatic heterocycles. The summed E-state index contributed by atoms with van der Waals surface area (Å²) < 4.78 is 8.88. The van der Waals surface area contributed by atoms with Crippen molar-refractivity contribution in [2.45, 2.75) is 33.2 Å². The van der Waals surface area contributed by atoms with Crippen LogP contribution in [0.5, 0.6) is 0 Å². The molecule has 0 unspecified atom stereocenters. The monoisotopic (exact) mass is 281 g/mol. The summed E-state index contributed by atoms with van der Waals surface area (Å²) in [5, 5.41) is 7.73. The lowest BCUT2D eigenvalue weighted by atomic mass is 10.3. The van der Waals surface area contributed by atoms with E-state index in [9.17, 15) is 4.79 Å². The number of carbonyl (C=O) groups excluding carboxylic acids is 1. The molecule has 2 heterocycles. The number of carbonyl (C=O) groups is 1. The molecule has 0 N–H and O–H groups in total. The summed E-state index contributed by atoms with van der Waals surface area (Å²) in [6.45, 7) is 4.17. The molecule has 0 aromatic carbocycles. The molecule has 2 aromatic rings. The Labute approximate surface area is 114 Å². The quantitative estimate of drug-likeness (QED) is 0.821. The number of aryl methyl sites for hydroxylation is 2. The van der Waals surface area contributed by atoms with Crippen LogP contribution in [0.1, 0.15) is 40.9 Å². The Kier molecular flexibility index (Phi) is 4.20. The molecular formula is C11H15N5O2S. The minimum Gasteiger partial charge on any atom is -0.337 e. The van der Waals surface area contributed by atoms with E-state index in [2.05, 4.69) is 19.7 Å². The van der Waals surface area contributed by atoms with E-state index in [0.29, 0.717) is 29.4 Å². The van der Waals surface area contributed by atoms with Gasteiger partial charge in [-0.15, -0.1) is 5.10 Å². The van der Waals surface area contributed by atoms with E-state index in [1.807, 2.05) is 13.8 Å². The van der Waals surface area contributed by atoms with Crippen molar-refractivity contribution in [1.29, 1.82) is 0 Å². The minimum absolute atomic E-state index is 0.122. The van der Waals surface area contributed by atoms with Gasteiger partial charge in [0.15, 0.2) is 5.82 Å². The Morgan fingerprint density at radius 2 is 2.16 bits per heavy atom. The molecule has 102 valence electrons. The van der Waals surface area contributed by atoms with Gasteiger partial charge >= 0.3 is 0 Å². The molecule has 0 saturated carbocycles. The third-order valence-electron chi connectivity index (χ3n) is 2.63. The Bertz CT molecular complexity index is 565. The van der Waals surface area contributed by atoms with Gasteiger partial charge in [-0.3, -0.25) is 4.79 Å². The van der Waals surface area contributed by atoms with Gasteiger partial charge in [0, 0.05) is 13.5 Å². The van der Waals surface area contributed by atoms with Crippen molar-refractivity contribution in [3.63, 3.8) is 0 Å². The molecule has 0 radical (unpaired) electrons. The van der Waals surface area contributed by atoms with Gasteiger partial charge in [0.05, 0.1) is 5.69 Å². The molecule has 1 amide bonds. The summed E-state index contributed by atoms with van der Waals surface area (Å²) in [7, 11) is 1.69. The van der Waals surface area contributed by atoms with Crippen LogP contribution in [0, 0.1) is 0 Å². The zero-order valence-corrected chi connectivity index (χ0v) is 11.9. The molecule has 19 heavy (non-hydrogen) atoms. The molecule has 7 nitrogen and oxygen atoms in total. The van der Waals surface area contributed by atoms with Crippen molar-refractivity contribution in [2.75, 3.05) is 7.05 Å².